The van der Waals surface area contributed by atoms with Crippen LogP contribution >= 0.6 is 0 Å². The smallest absolute Gasteiger partial charge is 0.242 e. The summed E-state index contributed by atoms with van der Waals surface area (Å²) < 4.78 is 0. The monoisotopic (exact) mass is 228 g/mol. The number of nitrogens with zero attached hydrogens (tertiary/aromatic N) is 2. The van der Waals surface area contributed by atoms with Gasteiger partial charge in [0.15, 0.2) is 0 Å². The number of likely N-dealkylation sites (tertiary alicyclic amines) is 1. The molecule has 1 amide bonds. The molecule has 2 atom stereocenters. The molecule has 0 unspecified atom stereocenters. The van der Waals surface area contributed by atoms with Crippen LogP contribution in [0.1, 0.15) is 40.0 Å². The van der Waals surface area contributed by atoms with Crippen molar-refractivity contribution >= 4 is 5.91 Å². The lowest BCUT2D eigenvalue weighted by Crippen LogP contribution is -2.43. The highest BCUT2D eigenvalue weighted by atomic mass is 16.6. The highest BCUT2D eigenvalue weighted by molar-refractivity contribution is 5.79. The summed E-state index contributed by atoms with van der Waals surface area (Å²) in [5.41, 5.74) is 0. The third-order valence-corrected chi connectivity index (χ3v) is 3.16. The lowest BCUT2D eigenvalue weighted by molar-refractivity contribution is -0.525. The van der Waals surface area contributed by atoms with Crippen LogP contribution in [0.25, 0.3) is 0 Å². The summed E-state index contributed by atoms with van der Waals surface area (Å²) in [5, 5.41) is 10.9. The minimum absolute atomic E-state index is 0.0613. The molecule has 0 aromatic carbocycles. The van der Waals surface area contributed by atoms with Crippen LogP contribution in [0.2, 0.25) is 0 Å². The SMILES string of the molecule is CCCCN1C(=O)C[C@@H]([N+](=O)[O-])[C@@H]1C(C)C. The van der Waals surface area contributed by atoms with Crippen molar-refractivity contribution in [3.05, 3.63) is 10.1 Å². The molecule has 1 heterocycles. The van der Waals surface area contributed by atoms with Gasteiger partial charge in [-0.05, 0) is 12.3 Å². The predicted octanol–water partition coefficient (Wildman–Crippen LogP) is 1.69. The summed E-state index contributed by atoms with van der Waals surface area (Å²) in [6.07, 6.45) is 1.98. The van der Waals surface area contributed by atoms with Crippen molar-refractivity contribution in [2.75, 3.05) is 6.54 Å². The van der Waals surface area contributed by atoms with E-state index >= 15 is 0 Å². The van der Waals surface area contributed by atoms with E-state index in [0.717, 1.165) is 12.8 Å². The molecule has 0 aromatic heterocycles. The average Bonchev–Trinajstić information content (AvgIpc) is 2.52. The van der Waals surface area contributed by atoms with Gasteiger partial charge in [0.05, 0.1) is 6.42 Å². The molecule has 1 fully saturated rings. The number of nitro groups is 1. The molecule has 0 spiro atoms. The first kappa shape index (κ1) is 12.9. The Morgan fingerprint density at radius 3 is 2.62 bits per heavy atom. The van der Waals surface area contributed by atoms with Crippen LogP contribution in [-0.2, 0) is 4.79 Å². The standard InChI is InChI=1S/C11H20N2O3/c1-4-5-6-12-10(14)7-9(13(15)16)11(12)8(2)3/h8-9,11H,4-7H2,1-3H3/t9-,11+/m1/s1. The largest absolute Gasteiger partial charge is 0.332 e. The van der Waals surface area contributed by atoms with Gasteiger partial charge >= 0.3 is 0 Å². The molecule has 0 bridgehead atoms. The van der Waals surface area contributed by atoms with Crippen molar-refractivity contribution in [3.63, 3.8) is 0 Å². The predicted molar refractivity (Wildman–Crippen MR) is 60.6 cm³/mol. The van der Waals surface area contributed by atoms with Gasteiger partial charge in [0.2, 0.25) is 11.9 Å². The maximum atomic E-state index is 11.7. The van der Waals surface area contributed by atoms with Crippen LogP contribution in [0.5, 0.6) is 0 Å². The zero-order chi connectivity index (χ0) is 12.3. The van der Waals surface area contributed by atoms with Crippen LogP contribution in [0, 0.1) is 16.0 Å². The number of amides is 1. The van der Waals surface area contributed by atoms with E-state index in [0.29, 0.717) is 6.54 Å². The van der Waals surface area contributed by atoms with Crippen molar-refractivity contribution in [2.45, 2.75) is 52.1 Å². The topological polar surface area (TPSA) is 63.5 Å². The lowest BCUT2D eigenvalue weighted by Gasteiger charge is -2.27. The molecule has 0 aliphatic carbocycles. The van der Waals surface area contributed by atoms with E-state index in [1.165, 1.54) is 0 Å². The maximum Gasteiger partial charge on any atom is 0.242 e. The Hall–Kier alpha value is -1.13. The first-order valence-electron chi connectivity index (χ1n) is 5.92. The third-order valence-electron chi connectivity index (χ3n) is 3.16. The number of unbranched alkanes of at least 4 members (excludes halogenated alkanes) is 1. The molecule has 5 nitrogen and oxygen atoms in total. The first-order chi connectivity index (χ1) is 7.49. The van der Waals surface area contributed by atoms with Gasteiger partial charge in [0.1, 0.15) is 6.04 Å². The fourth-order valence-electron chi connectivity index (χ4n) is 2.40. The Balaban J connectivity index is 2.80. The highest BCUT2D eigenvalue weighted by Crippen LogP contribution is 2.27. The third kappa shape index (κ3) is 2.51. The van der Waals surface area contributed by atoms with Gasteiger partial charge in [-0.25, -0.2) is 0 Å². The zero-order valence-electron chi connectivity index (χ0n) is 10.2. The number of hydrogen-bond donors (Lipinski definition) is 0. The lowest BCUT2D eigenvalue weighted by atomic mass is 9.97. The molecule has 1 rings (SSSR count). The molecule has 1 aliphatic heterocycles. The fraction of sp³-hybridized carbons (Fsp3) is 0.909. The van der Waals surface area contributed by atoms with E-state index in [1.54, 1.807) is 4.90 Å². The van der Waals surface area contributed by atoms with Crippen LogP contribution in [0.3, 0.4) is 0 Å². The Labute approximate surface area is 96.0 Å². The van der Waals surface area contributed by atoms with Crippen molar-refractivity contribution in [1.29, 1.82) is 0 Å². The maximum absolute atomic E-state index is 11.7. The fourth-order valence-corrected chi connectivity index (χ4v) is 2.40. The van der Waals surface area contributed by atoms with Crippen LogP contribution in [0.4, 0.5) is 0 Å². The van der Waals surface area contributed by atoms with Crippen molar-refractivity contribution in [2.24, 2.45) is 5.92 Å². The van der Waals surface area contributed by atoms with Gasteiger partial charge in [0, 0.05) is 11.5 Å². The Kier molecular flexibility index (Phi) is 4.26. The van der Waals surface area contributed by atoms with Crippen LogP contribution in [0.15, 0.2) is 0 Å². The van der Waals surface area contributed by atoms with Crippen LogP contribution < -0.4 is 0 Å². The number of hydrogen-bond acceptors (Lipinski definition) is 3. The number of rotatable bonds is 5. The molecular weight excluding hydrogens is 208 g/mol. The van der Waals surface area contributed by atoms with Gasteiger partial charge in [0.25, 0.3) is 0 Å². The number of carbonyl (C=O) groups is 1. The molecule has 5 heteroatoms. The van der Waals surface area contributed by atoms with Gasteiger partial charge in [-0.1, -0.05) is 27.2 Å². The Bertz CT molecular complexity index is 278. The van der Waals surface area contributed by atoms with Gasteiger partial charge in [-0.2, -0.15) is 0 Å². The summed E-state index contributed by atoms with van der Waals surface area (Å²) in [5.74, 6) is 0.0764. The van der Waals surface area contributed by atoms with E-state index < -0.39 is 6.04 Å². The van der Waals surface area contributed by atoms with Crippen LogP contribution in [-0.4, -0.2) is 34.4 Å². The molecule has 92 valence electrons. The van der Waals surface area contributed by atoms with Gasteiger partial charge < -0.3 is 4.90 Å². The van der Waals surface area contributed by atoms with E-state index in [4.69, 9.17) is 0 Å². The molecule has 0 saturated carbocycles. The van der Waals surface area contributed by atoms with E-state index in [9.17, 15) is 14.9 Å². The van der Waals surface area contributed by atoms with E-state index in [2.05, 4.69) is 6.92 Å². The molecule has 1 saturated heterocycles. The summed E-state index contributed by atoms with van der Waals surface area (Å²) in [6.45, 7) is 6.59. The second-order valence-electron chi connectivity index (χ2n) is 4.73. The second kappa shape index (κ2) is 5.27. The molecule has 0 radical (unpaired) electrons. The average molecular weight is 228 g/mol. The molecular formula is C11H20N2O3. The zero-order valence-corrected chi connectivity index (χ0v) is 10.2. The second-order valence-corrected chi connectivity index (χ2v) is 4.73. The molecule has 0 N–H and O–H groups in total. The van der Waals surface area contributed by atoms with E-state index in [-0.39, 0.29) is 29.2 Å². The van der Waals surface area contributed by atoms with E-state index in [1.807, 2.05) is 13.8 Å². The number of carbonyl (C=O) groups excluding carboxylic acids is 1. The minimum atomic E-state index is -0.718. The van der Waals surface area contributed by atoms with Crippen molar-refractivity contribution < 1.29 is 9.72 Å². The Morgan fingerprint density at radius 1 is 1.56 bits per heavy atom. The Morgan fingerprint density at radius 2 is 2.19 bits per heavy atom. The normalized spacial score (nSPS) is 25.5. The van der Waals surface area contributed by atoms with Gasteiger partial charge in [-0.15, -0.1) is 0 Å². The molecule has 0 aromatic rings. The first-order valence-corrected chi connectivity index (χ1v) is 5.92. The summed E-state index contributed by atoms with van der Waals surface area (Å²) in [4.78, 5) is 24.1. The highest BCUT2D eigenvalue weighted by Gasteiger charge is 2.48. The molecule has 16 heavy (non-hydrogen) atoms. The molecule has 1 aliphatic rings. The van der Waals surface area contributed by atoms with Crippen molar-refractivity contribution in [1.82, 2.24) is 4.90 Å². The van der Waals surface area contributed by atoms with Crippen molar-refractivity contribution in [3.8, 4) is 0 Å². The minimum Gasteiger partial charge on any atom is -0.332 e. The summed E-state index contributed by atoms with van der Waals surface area (Å²) in [7, 11) is 0. The quantitative estimate of drug-likeness (QED) is 0.531. The van der Waals surface area contributed by atoms with Gasteiger partial charge in [-0.3, -0.25) is 14.9 Å². The summed E-state index contributed by atoms with van der Waals surface area (Å²) in [6, 6.07) is -0.946. The summed E-state index contributed by atoms with van der Waals surface area (Å²) >= 11 is 0.